The number of thiophene rings is 1. The predicted octanol–water partition coefficient (Wildman–Crippen LogP) is 3.81. The van der Waals surface area contributed by atoms with Gasteiger partial charge in [-0.1, -0.05) is 20.3 Å². The average Bonchev–Trinajstić information content (AvgIpc) is 2.70. The van der Waals surface area contributed by atoms with E-state index in [4.69, 9.17) is 9.47 Å². The molecule has 0 amide bonds. The Bertz CT molecular complexity index is 362. The molecule has 2 nitrogen and oxygen atoms in total. The number of rotatable bonds is 6. The summed E-state index contributed by atoms with van der Waals surface area (Å²) < 4.78 is 11.8. The van der Waals surface area contributed by atoms with Gasteiger partial charge in [-0.25, -0.2) is 0 Å². The third-order valence-corrected chi connectivity index (χ3v) is 4.95. The maximum Gasteiger partial charge on any atom is 0.128 e. The fraction of sp³-hybridized carbons (Fsp3) is 0.714. The monoisotopic (exact) mass is 254 g/mol. The van der Waals surface area contributed by atoms with Crippen molar-refractivity contribution < 1.29 is 9.47 Å². The van der Waals surface area contributed by atoms with Crippen molar-refractivity contribution in [3.63, 3.8) is 0 Å². The SMILES string of the molecule is CCC[C@]1(OC)[C@@H](CC)[C@]1(OC)c1ccsc1. The van der Waals surface area contributed by atoms with Crippen LogP contribution in [0.2, 0.25) is 0 Å². The second kappa shape index (κ2) is 4.71. The second-order valence-electron chi connectivity index (χ2n) is 4.76. The van der Waals surface area contributed by atoms with E-state index in [1.54, 1.807) is 11.3 Å². The summed E-state index contributed by atoms with van der Waals surface area (Å²) in [6.45, 7) is 4.43. The molecule has 2 rings (SSSR count). The van der Waals surface area contributed by atoms with E-state index in [2.05, 4.69) is 30.7 Å². The maximum atomic E-state index is 5.94. The zero-order valence-electron chi connectivity index (χ0n) is 11.2. The molecule has 0 radical (unpaired) electrons. The fourth-order valence-electron chi connectivity index (χ4n) is 3.66. The smallest absolute Gasteiger partial charge is 0.128 e. The maximum absolute atomic E-state index is 5.94. The Morgan fingerprint density at radius 1 is 1.29 bits per heavy atom. The summed E-state index contributed by atoms with van der Waals surface area (Å²) in [6.07, 6.45) is 3.28. The van der Waals surface area contributed by atoms with Crippen molar-refractivity contribution in [2.24, 2.45) is 5.92 Å². The average molecular weight is 254 g/mol. The van der Waals surface area contributed by atoms with Crippen LogP contribution in [0, 0.1) is 5.92 Å². The molecule has 0 aromatic carbocycles. The van der Waals surface area contributed by atoms with Crippen LogP contribution in [0.5, 0.6) is 0 Å². The van der Waals surface area contributed by atoms with Gasteiger partial charge in [0.2, 0.25) is 0 Å². The lowest BCUT2D eigenvalue weighted by Gasteiger charge is -2.22. The van der Waals surface area contributed by atoms with Gasteiger partial charge in [-0.2, -0.15) is 11.3 Å². The molecule has 1 aliphatic carbocycles. The Kier molecular flexibility index (Phi) is 3.62. The number of ether oxygens (including phenoxy) is 2. The van der Waals surface area contributed by atoms with Crippen molar-refractivity contribution >= 4 is 11.3 Å². The van der Waals surface area contributed by atoms with Crippen molar-refractivity contribution in [3.8, 4) is 0 Å². The van der Waals surface area contributed by atoms with Crippen molar-refractivity contribution in [2.75, 3.05) is 14.2 Å². The van der Waals surface area contributed by atoms with Gasteiger partial charge in [-0.05, 0) is 35.2 Å². The van der Waals surface area contributed by atoms with E-state index in [0.29, 0.717) is 5.92 Å². The number of hydrogen-bond donors (Lipinski definition) is 0. The molecule has 1 saturated carbocycles. The molecule has 96 valence electrons. The Hall–Kier alpha value is -0.380. The van der Waals surface area contributed by atoms with Gasteiger partial charge >= 0.3 is 0 Å². The van der Waals surface area contributed by atoms with Crippen LogP contribution in [0.4, 0.5) is 0 Å². The predicted molar refractivity (Wildman–Crippen MR) is 71.4 cm³/mol. The summed E-state index contributed by atoms with van der Waals surface area (Å²) in [5.74, 6) is 0.472. The molecule has 1 heterocycles. The summed E-state index contributed by atoms with van der Waals surface area (Å²) in [5, 5.41) is 4.32. The molecule has 0 N–H and O–H groups in total. The van der Waals surface area contributed by atoms with Gasteiger partial charge in [0, 0.05) is 20.1 Å². The first-order valence-corrected chi connectivity index (χ1v) is 7.30. The number of methoxy groups -OCH3 is 2. The van der Waals surface area contributed by atoms with Crippen LogP contribution in [-0.2, 0) is 15.1 Å². The standard InChI is InChI=1S/C14H22O2S/c1-5-8-13(15-3)12(6-2)14(13,16-4)11-7-9-17-10-11/h7,9-10,12H,5-6,8H2,1-4H3/t12-,13+,14-/m1/s1. The molecular weight excluding hydrogens is 232 g/mol. The third kappa shape index (κ3) is 1.52. The van der Waals surface area contributed by atoms with E-state index < -0.39 is 0 Å². The quantitative estimate of drug-likeness (QED) is 0.768. The second-order valence-corrected chi connectivity index (χ2v) is 5.54. The molecule has 3 heteroatoms. The van der Waals surface area contributed by atoms with E-state index in [1.165, 1.54) is 5.56 Å². The van der Waals surface area contributed by atoms with Gasteiger partial charge in [0.15, 0.2) is 0 Å². The molecule has 0 bridgehead atoms. The molecule has 1 aromatic heterocycles. The highest BCUT2D eigenvalue weighted by Gasteiger charge is 2.77. The van der Waals surface area contributed by atoms with Crippen molar-refractivity contribution in [1.29, 1.82) is 0 Å². The van der Waals surface area contributed by atoms with Gasteiger partial charge in [-0.3, -0.25) is 0 Å². The summed E-state index contributed by atoms with van der Waals surface area (Å²) in [4.78, 5) is 0. The van der Waals surface area contributed by atoms with Crippen LogP contribution in [0.15, 0.2) is 16.8 Å². The molecule has 1 aromatic rings. The van der Waals surface area contributed by atoms with Gasteiger partial charge in [0.1, 0.15) is 11.2 Å². The first-order chi connectivity index (χ1) is 8.23. The summed E-state index contributed by atoms with van der Waals surface area (Å²) in [6, 6.07) is 2.17. The summed E-state index contributed by atoms with van der Waals surface area (Å²) in [5.41, 5.74) is 0.950. The normalized spacial score (nSPS) is 36.1. The Labute approximate surface area is 108 Å². The highest BCUT2D eigenvalue weighted by atomic mass is 32.1. The zero-order chi connectivity index (χ0) is 12.5. The van der Waals surface area contributed by atoms with E-state index >= 15 is 0 Å². The topological polar surface area (TPSA) is 18.5 Å². The molecular formula is C14H22O2S. The lowest BCUT2D eigenvalue weighted by atomic mass is 10.0. The van der Waals surface area contributed by atoms with E-state index in [0.717, 1.165) is 19.3 Å². The molecule has 0 aliphatic heterocycles. The summed E-state index contributed by atoms with van der Waals surface area (Å²) in [7, 11) is 3.64. The van der Waals surface area contributed by atoms with E-state index in [1.807, 2.05) is 14.2 Å². The van der Waals surface area contributed by atoms with Gasteiger partial charge in [0.05, 0.1) is 0 Å². The van der Waals surface area contributed by atoms with Crippen molar-refractivity contribution in [2.45, 2.75) is 44.3 Å². The molecule has 17 heavy (non-hydrogen) atoms. The third-order valence-electron chi connectivity index (χ3n) is 4.26. The minimum atomic E-state index is -0.216. The van der Waals surface area contributed by atoms with Gasteiger partial charge < -0.3 is 9.47 Å². The van der Waals surface area contributed by atoms with Gasteiger partial charge in [-0.15, -0.1) is 0 Å². The van der Waals surface area contributed by atoms with E-state index in [-0.39, 0.29) is 11.2 Å². The zero-order valence-corrected chi connectivity index (χ0v) is 12.0. The van der Waals surface area contributed by atoms with E-state index in [9.17, 15) is 0 Å². The lowest BCUT2D eigenvalue weighted by Crippen LogP contribution is -2.27. The molecule has 1 aliphatic rings. The van der Waals surface area contributed by atoms with Crippen LogP contribution in [0.3, 0.4) is 0 Å². The minimum absolute atomic E-state index is 0.119. The highest BCUT2D eigenvalue weighted by Crippen LogP contribution is 2.69. The van der Waals surface area contributed by atoms with Crippen LogP contribution in [0.25, 0.3) is 0 Å². The molecule has 0 spiro atoms. The fourth-order valence-corrected chi connectivity index (χ4v) is 4.36. The molecule has 3 atom stereocenters. The Balaban J connectivity index is 2.41. The molecule has 0 unspecified atom stereocenters. The first-order valence-electron chi connectivity index (χ1n) is 6.36. The minimum Gasteiger partial charge on any atom is -0.374 e. The summed E-state index contributed by atoms with van der Waals surface area (Å²) >= 11 is 1.73. The number of hydrogen-bond acceptors (Lipinski definition) is 3. The lowest BCUT2D eigenvalue weighted by molar-refractivity contribution is -0.0424. The Morgan fingerprint density at radius 3 is 2.47 bits per heavy atom. The first kappa shape index (κ1) is 13.1. The van der Waals surface area contributed by atoms with Gasteiger partial charge in [0.25, 0.3) is 0 Å². The molecule has 1 fully saturated rings. The molecule has 0 saturated heterocycles. The van der Waals surface area contributed by atoms with Crippen LogP contribution < -0.4 is 0 Å². The largest absolute Gasteiger partial charge is 0.374 e. The Morgan fingerprint density at radius 2 is 2.06 bits per heavy atom. The van der Waals surface area contributed by atoms with Crippen molar-refractivity contribution in [3.05, 3.63) is 22.4 Å². The highest BCUT2D eigenvalue weighted by molar-refractivity contribution is 7.08. The van der Waals surface area contributed by atoms with Crippen molar-refractivity contribution in [1.82, 2.24) is 0 Å². The van der Waals surface area contributed by atoms with Crippen LogP contribution in [-0.4, -0.2) is 19.8 Å². The van der Waals surface area contributed by atoms with Crippen LogP contribution in [0.1, 0.15) is 38.7 Å². The van der Waals surface area contributed by atoms with Crippen LogP contribution >= 0.6 is 11.3 Å².